The maximum absolute atomic E-state index is 13.1. The third-order valence-electron chi connectivity index (χ3n) is 5.32. The Bertz CT molecular complexity index is 941. The van der Waals surface area contributed by atoms with Crippen LogP contribution in [0.4, 0.5) is 0 Å². The Hall–Kier alpha value is -2.86. The van der Waals surface area contributed by atoms with Crippen molar-refractivity contribution in [2.45, 2.75) is 46.6 Å². The highest BCUT2D eigenvalue weighted by atomic mass is 16.3. The zero-order chi connectivity index (χ0) is 21.5. The van der Waals surface area contributed by atoms with E-state index >= 15 is 0 Å². The van der Waals surface area contributed by atoms with Crippen LogP contribution in [0.2, 0.25) is 0 Å². The molecular formula is C24H32N4O2. The molecule has 6 nitrogen and oxygen atoms in total. The maximum atomic E-state index is 13.1. The molecule has 0 spiro atoms. The number of nitrogens with zero attached hydrogens (tertiary/aromatic N) is 3. The van der Waals surface area contributed by atoms with Crippen LogP contribution in [-0.4, -0.2) is 46.3 Å². The fourth-order valence-electron chi connectivity index (χ4n) is 3.53. The van der Waals surface area contributed by atoms with E-state index in [1.54, 1.807) is 10.7 Å². The van der Waals surface area contributed by atoms with Gasteiger partial charge in [-0.15, -0.1) is 0 Å². The number of rotatable bonds is 10. The first-order chi connectivity index (χ1) is 14.5. The van der Waals surface area contributed by atoms with Crippen molar-refractivity contribution in [2.75, 3.05) is 19.6 Å². The van der Waals surface area contributed by atoms with Gasteiger partial charge in [0.05, 0.1) is 5.69 Å². The number of benzene rings is 1. The number of carbonyl (C=O) groups is 1. The lowest BCUT2D eigenvalue weighted by Gasteiger charge is -2.20. The van der Waals surface area contributed by atoms with Gasteiger partial charge in [0.2, 0.25) is 0 Å². The third kappa shape index (κ3) is 5.39. The van der Waals surface area contributed by atoms with Crippen LogP contribution < -0.4 is 5.32 Å². The Labute approximate surface area is 178 Å². The summed E-state index contributed by atoms with van der Waals surface area (Å²) >= 11 is 0. The standard InChI is InChI=1S/C24H32N4O2/c1-5-27(6-2)16-10-11-18(3)25-24(29)22-17-21(23-15-14-19(4)30-23)26-28(22)20-12-8-7-9-13-20/h7-9,12-15,17-18H,5-6,10-11,16H2,1-4H3,(H,25,29)/t18-/m1/s1. The van der Waals surface area contributed by atoms with Crippen LogP contribution in [0.25, 0.3) is 17.1 Å². The van der Waals surface area contributed by atoms with Crippen LogP contribution in [-0.2, 0) is 0 Å². The van der Waals surface area contributed by atoms with Gasteiger partial charge in [0.25, 0.3) is 5.91 Å². The van der Waals surface area contributed by atoms with Crippen molar-refractivity contribution in [2.24, 2.45) is 0 Å². The summed E-state index contributed by atoms with van der Waals surface area (Å²) in [6.45, 7) is 11.5. The van der Waals surface area contributed by atoms with E-state index in [2.05, 4.69) is 36.1 Å². The molecule has 0 aliphatic carbocycles. The molecule has 2 heterocycles. The Morgan fingerprint density at radius 3 is 2.53 bits per heavy atom. The predicted molar refractivity (Wildman–Crippen MR) is 120 cm³/mol. The van der Waals surface area contributed by atoms with Crippen molar-refractivity contribution in [1.82, 2.24) is 20.0 Å². The molecule has 30 heavy (non-hydrogen) atoms. The number of hydrogen-bond acceptors (Lipinski definition) is 4. The monoisotopic (exact) mass is 408 g/mol. The largest absolute Gasteiger partial charge is 0.460 e. The molecule has 0 fully saturated rings. The Kier molecular flexibility index (Phi) is 7.46. The minimum Gasteiger partial charge on any atom is -0.460 e. The highest BCUT2D eigenvalue weighted by Gasteiger charge is 2.20. The lowest BCUT2D eigenvalue weighted by Crippen LogP contribution is -2.34. The van der Waals surface area contributed by atoms with Gasteiger partial charge in [0.15, 0.2) is 5.76 Å². The van der Waals surface area contributed by atoms with E-state index < -0.39 is 0 Å². The molecule has 2 aromatic heterocycles. The van der Waals surface area contributed by atoms with Crippen molar-refractivity contribution < 1.29 is 9.21 Å². The first kappa shape index (κ1) is 21.8. The molecule has 0 aliphatic rings. The molecule has 0 aliphatic heterocycles. The smallest absolute Gasteiger partial charge is 0.270 e. The van der Waals surface area contributed by atoms with E-state index in [-0.39, 0.29) is 11.9 Å². The van der Waals surface area contributed by atoms with Crippen LogP contribution in [0.5, 0.6) is 0 Å². The second-order valence-electron chi connectivity index (χ2n) is 7.62. The minimum atomic E-state index is -0.128. The van der Waals surface area contributed by atoms with E-state index in [0.717, 1.165) is 43.9 Å². The summed E-state index contributed by atoms with van der Waals surface area (Å²) < 4.78 is 7.40. The zero-order valence-electron chi connectivity index (χ0n) is 18.4. The number of carbonyl (C=O) groups excluding carboxylic acids is 1. The normalized spacial score (nSPS) is 12.3. The van der Waals surface area contributed by atoms with Gasteiger partial charge in [-0.1, -0.05) is 32.0 Å². The third-order valence-corrected chi connectivity index (χ3v) is 5.32. The van der Waals surface area contributed by atoms with Gasteiger partial charge in [-0.25, -0.2) is 4.68 Å². The van der Waals surface area contributed by atoms with Gasteiger partial charge in [0, 0.05) is 12.1 Å². The average molecular weight is 409 g/mol. The molecule has 0 bridgehead atoms. The summed E-state index contributed by atoms with van der Waals surface area (Å²) in [5.74, 6) is 1.34. The first-order valence-corrected chi connectivity index (χ1v) is 10.8. The molecule has 0 unspecified atom stereocenters. The molecule has 6 heteroatoms. The number of aromatic nitrogens is 2. The molecule has 3 rings (SSSR count). The summed E-state index contributed by atoms with van der Waals surface area (Å²) in [6, 6.07) is 15.4. The van der Waals surface area contributed by atoms with Crippen molar-refractivity contribution in [3.05, 3.63) is 60.0 Å². The van der Waals surface area contributed by atoms with Crippen molar-refractivity contribution >= 4 is 5.91 Å². The second-order valence-corrected chi connectivity index (χ2v) is 7.62. The second kappa shape index (κ2) is 10.3. The molecule has 0 saturated carbocycles. The minimum absolute atomic E-state index is 0.0847. The molecule has 0 saturated heterocycles. The molecular weight excluding hydrogens is 376 g/mol. The fourth-order valence-corrected chi connectivity index (χ4v) is 3.53. The van der Waals surface area contributed by atoms with Gasteiger partial charge < -0.3 is 14.6 Å². The van der Waals surface area contributed by atoms with E-state index in [1.807, 2.05) is 49.4 Å². The van der Waals surface area contributed by atoms with E-state index in [1.165, 1.54) is 0 Å². The van der Waals surface area contributed by atoms with Gasteiger partial charge in [-0.05, 0) is 70.6 Å². The number of amides is 1. The summed E-state index contributed by atoms with van der Waals surface area (Å²) in [6.07, 6.45) is 1.99. The summed E-state index contributed by atoms with van der Waals surface area (Å²) in [5, 5.41) is 7.79. The Morgan fingerprint density at radius 2 is 1.90 bits per heavy atom. The summed E-state index contributed by atoms with van der Waals surface area (Å²) in [7, 11) is 0. The molecule has 160 valence electrons. The maximum Gasteiger partial charge on any atom is 0.270 e. The van der Waals surface area contributed by atoms with Crippen LogP contribution in [0.3, 0.4) is 0 Å². The van der Waals surface area contributed by atoms with E-state index in [4.69, 9.17) is 4.42 Å². The van der Waals surface area contributed by atoms with Crippen LogP contribution >= 0.6 is 0 Å². The number of furan rings is 1. The highest BCUT2D eigenvalue weighted by Crippen LogP contribution is 2.24. The average Bonchev–Trinajstić information content (AvgIpc) is 3.38. The lowest BCUT2D eigenvalue weighted by atomic mass is 10.1. The van der Waals surface area contributed by atoms with Crippen LogP contribution in [0, 0.1) is 6.92 Å². The van der Waals surface area contributed by atoms with Gasteiger partial charge in [-0.3, -0.25) is 4.79 Å². The quantitative estimate of drug-likeness (QED) is 0.529. The number of aryl methyl sites for hydroxylation is 1. The summed E-state index contributed by atoms with van der Waals surface area (Å²) in [4.78, 5) is 15.5. The molecule has 1 N–H and O–H groups in total. The number of para-hydroxylation sites is 1. The summed E-state index contributed by atoms with van der Waals surface area (Å²) in [5.41, 5.74) is 1.98. The fraction of sp³-hybridized carbons (Fsp3) is 0.417. The SMILES string of the molecule is CCN(CC)CCC[C@@H](C)NC(=O)c1cc(-c2ccc(C)o2)nn1-c1ccccc1. The molecule has 1 aromatic carbocycles. The first-order valence-electron chi connectivity index (χ1n) is 10.8. The van der Waals surface area contributed by atoms with Gasteiger partial charge in [-0.2, -0.15) is 5.10 Å². The van der Waals surface area contributed by atoms with Gasteiger partial charge in [0.1, 0.15) is 17.1 Å². The zero-order valence-corrected chi connectivity index (χ0v) is 18.4. The van der Waals surface area contributed by atoms with Crippen molar-refractivity contribution in [3.8, 4) is 17.1 Å². The van der Waals surface area contributed by atoms with Crippen molar-refractivity contribution in [3.63, 3.8) is 0 Å². The van der Waals surface area contributed by atoms with E-state index in [0.29, 0.717) is 17.1 Å². The van der Waals surface area contributed by atoms with Crippen LogP contribution in [0.15, 0.2) is 52.9 Å². The van der Waals surface area contributed by atoms with Crippen molar-refractivity contribution in [1.29, 1.82) is 0 Å². The molecule has 0 radical (unpaired) electrons. The topological polar surface area (TPSA) is 63.3 Å². The lowest BCUT2D eigenvalue weighted by molar-refractivity contribution is 0.0929. The molecule has 1 amide bonds. The Balaban J connectivity index is 1.76. The number of nitrogens with one attached hydrogen (secondary N) is 1. The Morgan fingerprint density at radius 1 is 1.17 bits per heavy atom. The van der Waals surface area contributed by atoms with Crippen LogP contribution in [0.1, 0.15) is 49.9 Å². The highest BCUT2D eigenvalue weighted by molar-refractivity contribution is 5.94. The predicted octanol–water partition coefficient (Wildman–Crippen LogP) is 4.68. The van der Waals surface area contributed by atoms with E-state index in [9.17, 15) is 4.79 Å². The van der Waals surface area contributed by atoms with Gasteiger partial charge >= 0.3 is 0 Å². The number of hydrogen-bond donors (Lipinski definition) is 1. The molecule has 1 atom stereocenters. The molecule has 3 aromatic rings.